The van der Waals surface area contributed by atoms with E-state index in [9.17, 15) is 23.1 Å². The summed E-state index contributed by atoms with van der Waals surface area (Å²) in [6.07, 6.45) is -3.90. The van der Waals surface area contributed by atoms with Gasteiger partial charge in [-0.3, -0.25) is 4.79 Å². The smallest absolute Gasteiger partial charge is 0.389 e. The molecule has 1 fully saturated rings. The highest BCUT2D eigenvalue weighted by molar-refractivity contribution is 5.79. The van der Waals surface area contributed by atoms with Gasteiger partial charge in [-0.25, -0.2) is 0 Å². The lowest BCUT2D eigenvalue weighted by molar-refractivity contribution is -0.141. The van der Waals surface area contributed by atoms with Crippen molar-refractivity contribution in [1.29, 1.82) is 0 Å². The van der Waals surface area contributed by atoms with E-state index in [0.717, 1.165) is 6.07 Å². The third kappa shape index (κ3) is 4.73. The minimum absolute atomic E-state index is 0.0205. The topological polar surface area (TPSA) is 49.8 Å². The number of amides is 1. The van der Waals surface area contributed by atoms with Crippen LogP contribution >= 0.6 is 0 Å². The highest BCUT2D eigenvalue weighted by Crippen LogP contribution is 2.34. The number of piperidine rings is 1. The number of hydrogen-bond donors (Lipinski definition) is 1. The maximum absolute atomic E-state index is 13.1. The van der Waals surface area contributed by atoms with Gasteiger partial charge in [0.15, 0.2) is 0 Å². The largest absolute Gasteiger partial charge is 0.416 e. The fraction of sp³-hybridized carbons (Fsp3) is 0.611. The number of nitrogens with zero attached hydrogens (tertiary/aromatic N) is 1. The van der Waals surface area contributed by atoms with Crippen LogP contribution in [0, 0.1) is 5.92 Å². The van der Waals surface area contributed by atoms with Gasteiger partial charge in [0.2, 0.25) is 5.91 Å². The van der Waals surface area contributed by atoms with Crippen molar-refractivity contribution in [2.24, 2.45) is 5.92 Å². The van der Waals surface area contributed by atoms with Crippen LogP contribution in [0.15, 0.2) is 24.3 Å². The predicted molar refractivity (Wildman–Crippen MR) is 87.0 cm³/mol. The van der Waals surface area contributed by atoms with E-state index >= 15 is 0 Å². The van der Waals surface area contributed by atoms with Gasteiger partial charge in [-0.15, -0.1) is 0 Å². The molecule has 140 valence electrons. The number of alkyl halides is 3. The second kappa shape index (κ2) is 7.74. The Morgan fingerprint density at radius 1 is 1.40 bits per heavy atom. The van der Waals surface area contributed by atoms with Gasteiger partial charge in [0.25, 0.3) is 0 Å². The molecule has 1 aliphatic rings. The Kier molecular flexibility index (Phi) is 6.11. The standard InChI is InChI=1S/C18H24F3NO3/c1-13-12-22(9-7-17(13,24)8-10-25-2)16(23)11-14-5-3-4-6-15(14)18(19,20)21/h3-6,13,24H,7-12H2,1-2H3/t13-,17-/m1/s1. The van der Waals surface area contributed by atoms with Gasteiger partial charge in [0, 0.05) is 32.7 Å². The predicted octanol–water partition coefficient (Wildman–Crippen LogP) is 2.88. The Bertz CT molecular complexity index is 605. The normalized spacial score (nSPS) is 24.4. The molecule has 0 aliphatic carbocycles. The zero-order chi connectivity index (χ0) is 18.7. The lowest BCUT2D eigenvalue weighted by Gasteiger charge is -2.43. The molecule has 0 spiro atoms. The Balaban J connectivity index is 2.04. The highest BCUT2D eigenvalue weighted by atomic mass is 19.4. The van der Waals surface area contributed by atoms with Crippen molar-refractivity contribution < 1.29 is 27.8 Å². The van der Waals surface area contributed by atoms with Gasteiger partial charge in [-0.05, 0) is 24.5 Å². The third-order valence-electron chi connectivity index (χ3n) is 4.98. The summed E-state index contributed by atoms with van der Waals surface area (Å²) >= 11 is 0. The zero-order valence-corrected chi connectivity index (χ0v) is 14.5. The van der Waals surface area contributed by atoms with Crippen LogP contribution in [-0.4, -0.2) is 48.3 Å². The molecule has 0 radical (unpaired) electrons. The van der Waals surface area contributed by atoms with Crippen molar-refractivity contribution >= 4 is 5.91 Å². The Hall–Kier alpha value is -1.60. The molecular formula is C18H24F3NO3. The van der Waals surface area contributed by atoms with Gasteiger partial charge < -0.3 is 14.7 Å². The first-order valence-electron chi connectivity index (χ1n) is 8.31. The van der Waals surface area contributed by atoms with Crippen molar-refractivity contribution in [1.82, 2.24) is 4.90 Å². The number of carbonyl (C=O) groups excluding carboxylic acids is 1. The number of ether oxygens (including phenoxy) is 1. The minimum atomic E-state index is -4.48. The van der Waals surface area contributed by atoms with Crippen molar-refractivity contribution in [3.8, 4) is 0 Å². The maximum Gasteiger partial charge on any atom is 0.416 e. The molecule has 0 aromatic heterocycles. The number of methoxy groups -OCH3 is 1. The van der Waals surface area contributed by atoms with Crippen LogP contribution in [0.2, 0.25) is 0 Å². The third-order valence-corrected chi connectivity index (χ3v) is 4.98. The van der Waals surface area contributed by atoms with Crippen LogP contribution in [0.1, 0.15) is 30.9 Å². The molecule has 25 heavy (non-hydrogen) atoms. The van der Waals surface area contributed by atoms with Crippen LogP contribution in [-0.2, 0) is 22.1 Å². The molecule has 1 aromatic carbocycles. The van der Waals surface area contributed by atoms with E-state index in [1.54, 1.807) is 12.0 Å². The average Bonchev–Trinajstić information content (AvgIpc) is 2.55. The number of aliphatic hydroxyl groups is 1. The monoisotopic (exact) mass is 359 g/mol. The quantitative estimate of drug-likeness (QED) is 0.880. The number of carbonyl (C=O) groups is 1. The second-order valence-electron chi connectivity index (χ2n) is 6.67. The second-order valence-corrected chi connectivity index (χ2v) is 6.67. The molecule has 0 unspecified atom stereocenters. The molecule has 0 bridgehead atoms. The Morgan fingerprint density at radius 3 is 2.68 bits per heavy atom. The molecule has 2 rings (SSSR count). The lowest BCUT2D eigenvalue weighted by Crippen LogP contribution is -2.53. The summed E-state index contributed by atoms with van der Waals surface area (Å²) in [5.74, 6) is -0.518. The van der Waals surface area contributed by atoms with Crippen LogP contribution in [0.25, 0.3) is 0 Å². The molecule has 7 heteroatoms. The molecule has 4 nitrogen and oxygen atoms in total. The molecule has 0 saturated carbocycles. The lowest BCUT2D eigenvalue weighted by atomic mass is 9.79. The van der Waals surface area contributed by atoms with Gasteiger partial charge in [0.05, 0.1) is 17.6 Å². The number of halogens is 3. The summed E-state index contributed by atoms with van der Waals surface area (Å²) in [7, 11) is 1.56. The molecule has 1 saturated heterocycles. The first-order chi connectivity index (χ1) is 11.7. The van der Waals surface area contributed by atoms with E-state index in [1.165, 1.54) is 18.2 Å². The first kappa shape index (κ1) is 19.7. The van der Waals surface area contributed by atoms with E-state index in [0.29, 0.717) is 32.5 Å². The molecule has 1 aromatic rings. The summed E-state index contributed by atoms with van der Waals surface area (Å²) in [6.45, 7) is 2.93. The maximum atomic E-state index is 13.1. The molecule has 2 atom stereocenters. The first-order valence-corrected chi connectivity index (χ1v) is 8.31. The highest BCUT2D eigenvalue weighted by Gasteiger charge is 2.40. The Labute approximate surface area is 145 Å². The Morgan fingerprint density at radius 2 is 2.08 bits per heavy atom. The van der Waals surface area contributed by atoms with Crippen LogP contribution in [0.4, 0.5) is 13.2 Å². The van der Waals surface area contributed by atoms with Crippen LogP contribution in [0.3, 0.4) is 0 Å². The molecule has 1 N–H and O–H groups in total. The number of rotatable bonds is 5. The zero-order valence-electron chi connectivity index (χ0n) is 14.5. The summed E-state index contributed by atoms with van der Waals surface area (Å²) in [6, 6.07) is 5.14. The number of benzene rings is 1. The summed E-state index contributed by atoms with van der Waals surface area (Å²) in [4.78, 5) is 14.0. The van der Waals surface area contributed by atoms with E-state index in [4.69, 9.17) is 4.74 Å². The minimum Gasteiger partial charge on any atom is -0.389 e. The van der Waals surface area contributed by atoms with Crippen LogP contribution < -0.4 is 0 Å². The fourth-order valence-corrected chi connectivity index (χ4v) is 3.27. The van der Waals surface area contributed by atoms with E-state index in [2.05, 4.69) is 0 Å². The van der Waals surface area contributed by atoms with E-state index < -0.39 is 17.3 Å². The summed E-state index contributed by atoms with van der Waals surface area (Å²) in [5, 5.41) is 10.6. The fourth-order valence-electron chi connectivity index (χ4n) is 3.27. The number of likely N-dealkylation sites (tertiary alicyclic amines) is 1. The average molecular weight is 359 g/mol. The molecule has 1 aliphatic heterocycles. The summed E-state index contributed by atoms with van der Waals surface area (Å²) in [5.41, 5.74) is -1.70. The van der Waals surface area contributed by atoms with Gasteiger partial charge in [0.1, 0.15) is 0 Å². The van der Waals surface area contributed by atoms with Gasteiger partial charge in [-0.2, -0.15) is 13.2 Å². The van der Waals surface area contributed by atoms with Crippen molar-refractivity contribution in [2.75, 3.05) is 26.8 Å². The summed E-state index contributed by atoms with van der Waals surface area (Å²) < 4.78 is 44.2. The van der Waals surface area contributed by atoms with E-state index in [1.807, 2.05) is 6.92 Å². The number of hydrogen-bond acceptors (Lipinski definition) is 3. The van der Waals surface area contributed by atoms with Crippen LogP contribution in [0.5, 0.6) is 0 Å². The van der Waals surface area contributed by atoms with Gasteiger partial charge in [-0.1, -0.05) is 25.1 Å². The molecule has 1 amide bonds. The van der Waals surface area contributed by atoms with Crippen molar-refractivity contribution in [2.45, 2.75) is 38.0 Å². The SMILES string of the molecule is COCC[C@]1(O)CCN(C(=O)Cc2ccccc2C(F)(F)F)C[C@H]1C. The van der Waals surface area contributed by atoms with Gasteiger partial charge >= 0.3 is 6.18 Å². The van der Waals surface area contributed by atoms with E-state index in [-0.39, 0.29) is 23.8 Å². The molecular weight excluding hydrogens is 335 g/mol. The van der Waals surface area contributed by atoms with Crippen molar-refractivity contribution in [3.05, 3.63) is 35.4 Å². The van der Waals surface area contributed by atoms with Crippen molar-refractivity contribution in [3.63, 3.8) is 0 Å². The molecule has 1 heterocycles.